The van der Waals surface area contributed by atoms with Crippen LogP contribution in [-0.2, 0) is 13.0 Å². The summed E-state index contributed by atoms with van der Waals surface area (Å²) in [5, 5.41) is 9.95. The Morgan fingerprint density at radius 1 is 1.67 bits per heavy atom. The van der Waals surface area contributed by atoms with Crippen LogP contribution in [0, 0.1) is 5.92 Å². The van der Waals surface area contributed by atoms with Gasteiger partial charge in [-0.15, -0.1) is 0 Å². The number of hydrogen-bond acceptors (Lipinski definition) is 3. The van der Waals surface area contributed by atoms with Gasteiger partial charge in [-0.2, -0.15) is 0 Å². The molecule has 4 nitrogen and oxygen atoms in total. The van der Waals surface area contributed by atoms with Gasteiger partial charge in [0.1, 0.15) is 5.69 Å². The lowest BCUT2D eigenvalue weighted by molar-refractivity contribution is 0.00607. The van der Waals surface area contributed by atoms with E-state index in [2.05, 4.69) is 4.98 Å². The molecule has 0 radical (unpaired) electrons. The zero-order valence-corrected chi connectivity index (χ0v) is 9.10. The fraction of sp³-hybridized carbons (Fsp3) is 0.636. The van der Waals surface area contributed by atoms with E-state index in [4.69, 9.17) is 0 Å². The normalized spacial score (nSPS) is 21.1. The molecule has 0 spiro atoms. The molecule has 1 unspecified atom stereocenters. The zero-order valence-electron chi connectivity index (χ0n) is 9.10. The molecule has 1 atom stereocenters. The van der Waals surface area contributed by atoms with Crippen molar-refractivity contribution in [3.05, 3.63) is 17.7 Å². The number of aryl methyl sites for hydroxylation is 1. The van der Waals surface area contributed by atoms with Gasteiger partial charge in [0, 0.05) is 12.2 Å². The first-order valence-electron chi connectivity index (χ1n) is 5.24. The Morgan fingerprint density at radius 3 is 3.00 bits per heavy atom. The first kappa shape index (κ1) is 10.4. The van der Waals surface area contributed by atoms with Crippen molar-refractivity contribution in [2.75, 3.05) is 0 Å². The monoisotopic (exact) mass is 208 g/mol. The summed E-state index contributed by atoms with van der Waals surface area (Å²) in [6.45, 7) is 4.49. The van der Waals surface area contributed by atoms with Crippen LogP contribution >= 0.6 is 0 Å². The van der Waals surface area contributed by atoms with Crippen molar-refractivity contribution in [3.8, 4) is 0 Å². The number of rotatable bonds is 2. The van der Waals surface area contributed by atoms with Gasteiger partial charge >= 0.3 is 0 Å². The van der Waals surface area contributed by atoms with Crippen LogP contribution < -0.4 is 0 Å². The van der Waals surface area contributed by atoms with Crippen LogP contribution in [0.1, 0.15) is 36.5 Å². The maximum Gasteiger partial charge on any atom is 0.170 e. The van der Waals surface area contributed by atoms with E-state index in [9.17, 15) is 9.90 Å². The SMILES string of the molecule is CC(C)(O)C1CCn2cnc(C=O)c2C1. The van der Waals surface area contributed by atoms with Crippen molar-refractivity contribution in [3.63, 3.8) is 0 Å². The third-order valence-electron chi connectivity index (χ3n) is 3.25. The van der Waals surface area contributed by atoms with Crippen LogP contribution in [0.2, 0.25) is 0 Å². The van der Waals surface area contributed by atoms with Gasteiger partial charge in [0.25, 0.3) is 0 Å². The Labute approximate surface area is 88.9 Å². The van der Waals surface area contributed by atoms with E-state index in [1.807, 2.05) is 18.4 Å². The molecule has 0 aromatic carbocycles. The first-order chi connectivity index (χ1) is 7.02. The van der Waals surface area contributed by atoms with Gasteiger partial charge in [-0.05, 0) is 32.6 Å². The maximum absolute atomic E-state index is 10.8. The first-order valence-corrected chi connectivity index (χ1v) is 5.24. The van der Waals surface area contributed by atoms with Crippen LogP contribution in [0.25, 0.3) is 0 Å². The molecule has 82 valence electrons. The van der Waals surface area contributed by atoms with Crippen LogP contribution in [0.3, 0.4) is 0 Å². The molecule has 0 saturated carbocycles. The van der Waals surface area contributed by atoms with E-state index >= 15 is 0 Å². The molecule has 4 heteroatoms. The van der Waals surface area contributed by atoms with E-state index in [0.717, 1.165) is 31.4 Å². The third kappa shape index (κ3) is 1.81. The Hall–Kier alpha value is -1.16. The molecular formula is C11H16N2O2. The largest absolute Gasteiger partial charge is 0.390 e. The summed E-state index contributed by atoms with van der Waals surface area (Å²) in [5.74, 6) is 0.209. The maximum atomic E-state index is 10.8. The number of carbonyl (C=O) groups is 1. The van der Waals surface area contributed by atoms with Crippen molar-refractivity contribution in [2.24, 2.45) is 5.92 Å². The summed E-state index contributed by atoms with van der Waals surface area (Å²) in [7, 11) is 0. The smallest absolute Gasteiger partial charge is 0.170 e. The molecule has 1 N–H and O–H groups in total. The molecule has 0 fully saturated rings. The van der Waals surface area contributed by atoms with Gasteiger partial charge in [0.05, 0.1) is 11.9 Å². The number of hydrogen-bond donors (Lipinski definition) is 1. The topological polar surface area (TPSA) is 55.1 Å². The molecule has 0 aliphatic carbocycles. The second-order valence-corrected chi connectivity index (χ2v) is 4.73. The molecule has 1 aliphatic rings. The summed E-state index contributed by atoms with van der Waals surface area (Å²) in [6, 6.07) is 0. The lowest BCUT2D eigenvalue weighted by Gasteiger charge is -2.33. The molecule has 1 aromatic heterocycles. The fourth-order valence-corrected chi connectivity index (χ4v) is 2.17. The Kier molecular flexibility index (Phi) is 2.38. The lowest BCUT2D eigenvalue weighted by atomic mass is 9.82. The summed E-state index contributed by atoms with van der Waals surface area (Å²) < 4.78 is 2.01. The molecule has 15 heavy (non-hydrogen) atoms. The highest BCUT2D eigenvalue weighted by atomic mass is 16.3. The average Bonchev–Trinajstić information content (AvgIpc) is 2.57. The van der Waals surface area contributed by atoms with E-state index in [1.54, 1.807) is 6.33 Å². The number of aromatic nitrogens is 2. The van der Waals surface area contributed by atoms with E-state index < -0.39 is 5.60 Å². The summed E-state index contributed by atoms with van der Waals surface area (Å²) in [5.41, 5.74) is 0.794. The Morgan fingerprint density at radius 2 is 2.40 bits per heavy atom. The molecule has 1 aromatic rings. The van der Waals surface area contributed by atoms with Crippen molar-refractivity contribution in [2.45, 2.75) is 38.8 Å². The number of aliphatic hydroxyl groups is 1. The quantitative estimate of drug-likeness (QED) is 0.738. The molecular weight excluding hydrogens is 192 g/mol. The number of aldehydes is 1. The fourth-order valence-electron chi connectivity index (χ4n) is 2.17. The second kappa shape index (κ2) is 3.45. The summed E-state index contributed by atoms with van der Waals surface area (Å²) in [4.78, 5) is 14.8. The van der Waals surface area contributed by atoms with Crippen LogP contribution in [0.5, 0.6) is 0 Å². The molecule has 0 bridgehead atoms. The van der Waals surface area contributed by atoms with E-state index in [0.29, 0.717) is 5.69 Å². The Balaban J connectivity index is 2.28. The van der Waals surface area contributed by atoms with Gasteiger partial charge in [-0.1, -0.05) is 0 Å². The molecule has 0 saturated heterocycles. The Bertz CT molecular complexity index is 376. The predicted octanol–water partition coefficient (Wildman–Crippen LogP) is 1.03. The zero-order chi connectivity index (χ0) is 11.1. The minimum atomic E-state index is -0.685. The van der Waals surface area contributed by atoms with Crippen molar-refractivity contribution < 1.29 is 9.90 Å². The minimum Gasteiger partial charge on any atom is -0.390 e. The summed E-state index contributed by atoms with van der Waals surface area (Å²) >= 11 is 0. The van der Waals surface area contributed by atoms with E-state index in [-0.39, 0.29) is 5.92 Å². The second-order valence-electron chi connectivity index (χ2n) is 4.73. The van der Waals surface area contributed by atoms with Gasteiger partial charge in [0.2, 0.25) is 0 Å². The highest BCUT2D eigenvalue weighted by Gasteiger charge is 2.31. The minimum absolute atomic E-state index is 0.209. The predicted molar refractivity (Wildman–Crippen MR) is 55.7 cm³/mol. The lowest BCUT2D eigenvalue weighted by Crippen LogP contribution is -2.36. The highest BCUT2D eigenvalue weighted by Crippen LogP contribution is 2.29. The highest BCUT2D eigenvalue weighted by molar-refractivity contribution is 5.73. The van der Waals surface area contributed by atoms with Gasteiger partial charge in [-0.3, -0.25) is 4.79 Å². The van der Waals surface area contributed by atoms with Crippen molar-refractivity contribution in [1.82, 2.24) is 9.55 Å². The number of nitrogens with zero attached hydrogens (tertiary/aromatic N) is 2. The average molecular weight is 208 g/mol. The van der Waals surface area contributed by atoms with Crippen LogP contribution in [0.15, 0.2) is 6.33 Å². The molecule has 2 rings (SSSR count). The van der Waals surface area contributed by atoms with Crippen LogP contribution in [0.4, 0.5) is 0 Å². The third-order valence-corrected chi connectivity index (χ3v) is 3.25. The van der Waals surface area contributed by atoms with Crippen molar-refractivity contribution in [1.29, 1.82) is 0 Å². The van der Waals surface area contributed by atoms with Gasteiger partial charge in [-0.25, -0.2) is 4.98 Å². The molecule has 1 aliphatic heterocycles. The van der Waals surface area contributed by atoms with Crippen LogP contribution in [-0.4, -0.2) is 26.5 Å². The number of imidazole rings is 1. The number of fused-ring (bicyclic) bond motifs is 1. The molecule has 0 amide bonds. The van der Waals surface area contributed by atoms with Gasteiger partial charge < -0.3 is 9.67 Å². The standard InChI is InChI=1S/C11H16N2O2/c1-11(2,15)8-3-4-13-7-12-9(6-14)10(13)5-8/h6-8,15H,3-5H2,1-2H3. The van der Waals surface area contributed by atoms with Gasteiger partial charge in [0.15, 0.2) is 6.29 Å². The van der Waals surface area contributed by atoms with Crippen molar-refractivity contribution >= 4 is 6.29 Å². The number of carbonyl (C=O) groups excluding carboxylic acids is 1. The van der Waals surface area contributed by atoms with E-state index in [1.165, 1.54) is 0 Å². The molecule has 2 heterocycles. The summed E-state index contributed by atoms with van der Waals surface area (Å²) in [6.07, 6.45) is 4.17.